The van der Waals surface area contributed by atoms with Crippen LogP contribution in [0.3, 0.4) is 0 Å². The number of aromatic nitrogens is 5. The van der Waals surface area contributed by atoms with Crippen LogP contribution in [-0.4, -0.2) is 66.2 Å². The molecule has 0 aliphatic heterocycles. The highest BCUT2D eigenvalue weighted by Crippen LogP contribution is 2.23. The van der Waals surface area contributed by atoms with Gasteiger partial charge in [0, 0.05) is 73.6 Å². The van der Waals surface area contributed by atoms with E-state index >= 15 is 0 Å². The summed E-state index contributed by atoms with van der Waals surface area (Å²) >= 11 is 7.40. The fourth-order valence-corrected chi connectivity index (χ4v) is 6.30. The molecule has 0 fully saturated rings. The van der Waals surface area contributed by atoms with E-state index in [-0.39, 0.29) is 23.8 Å². The molecular formula is C36H39ClFN7O2S. The van der Waals surface area contributed by atoms with Gasteiger partial charge in [-0.2, -0.15) is 10.1 Å². The molecule has 1 amide bonds. The summed E-state index contributed by atoms with van der Waals surface area (Å²) in [5, 5.41) is 5.30. The van der Waals surface area contributed by atoms with E-state index in [0.29, 0.717) is 41.0 Å². The van der Waals surface area contributed by atoms with Crippen LogP contribution >= 0.6 is 23.4 Å². The third-order valence-electron chi connectivity index (χ3n) is 8.04. The van der Waals surface area contributed by atoms with Gasteiger partial charge in [0.25, 0.3) is 5.56 Å². The van der Waals surface area contributed by atoms with E-state index in [9.17, 15) is 14.0 Å². The molecule has 12 heteroatoms. The van der Waals surface area contributed by atoms with Crippen molar-refractivity contribution in [2.24, 2.45) is 7.05 Å². The van der Waals surface area contributed by atoms with Crippen molar-refractivity contribution in [1.29, 1.82) is 0 Å². The Kier molecular flexibility index (Phi) is 12.2. The zero-order chi connectivity index (χ0) is 34.0. The number of thioether (sulfide) groups is 1. The number of amides is 1. The second kappa shape index (κ2) is 16.7. The number of benzene rings is 2. The van der Waals surface area contributed by atoms with Gasteiger partial charge in [-0.3, -0.25) is 19.3 Å². The number of rotatable bonds is 15. The molecule has 0 atom stereocenters. The molecule has 0 N–H and O–H groups in total. The van der Waals surface area contributed by atoms with Gasteiger partial charge in [-0.25, -0.2) is 4.39 Å². The third-order valence-corrected chi connectivity index (χ3v) is 9.35. The fraction of sp³-hybridized carbons (Fsp3) is 0.306. The van der Waals surface area contributed by atoms with E-state index in [1.54, 1.807) is 40.0 Å². The Balaban J connectivity index is 1.40. The standard InChI is InChI=1S/C36H39ClFN7O2S/c1-4-43(5-2)16-17-44(22-27-8-15-33(39-19-27)29-9-11-31(37)12-10-29)34(46)24-45-23-30(18-28-20-40-42(3)21-28)35(47)41-36(45)48-25-26-6-13-32(38)14-7-26/h6-15,19-21,23H,4-5,16-18,22,24-25H2,1-3H3. The van der Waals surface area contributed by atoms with Crippen molar-refractivity contribution in [3.05, 3.63) is 129 Å². The van der Waals surface area contributed by atoms with Gasteiger partial charge in [0.1, 0.15) is 12.4 Å². The summed E-state index contributed by atoms with van der Waals surface area (Å²) in [4.78, 5) is 40.5. The Bertz CT molecular complexity index is 1860. The Labute approximate surface area is 289 Å². The van der Waals surface area contributed by atoms with Crippen LogP contribution in [-0.2, 0) is 37.1 Å². The highest BCUT2D eigenvalue weighted by atomic mass is 35.5. The Morgan fingerprint density at radius 1 is 0.917 bits per heavy atom. The van der Waals surface area contributed by atoms with Crippen LogP contribution in [0.15, 0.2) is 95.4 Å². The van der Waals surface area contributed by atoms with Crippen LogP contribution in [0.4, 0.5) is 4.39 Å². The molecule has 48 heavy (non-hydrogen) atoms. The predicted molar refractivity (Wildman–Crippen MR) is 188 cm³/mol. The maximum absolute atomic E-state index is 14.1. The molecule has 250 valence electrons. The van der Waals surface area contributed by atoms with Crippen molar-refractivity contribution >= 4 is 29.3 Å². The summed E-state index contributed by atoms with van der Waals surface area (Å²) in [5.74, 6) is 0.0364. The SMILES string of the molecule is CCN(CC)CCN(Cc1ccc(-c2ccc(Cl)cc2)nc1)C(=O)Cn1cc(Cc2cnn(C)c2)c(=O)nc1SCc1ccc(F)cc1. The van der Waals surface area contributed by atoms with E-state index in [1.165, 1.54) is 23.9 Å². The summed E-state index contributed by atoms with van der Waals surface area (Å²) in [7, 11) is 1.82. The number of halogens is 2. The molecule has 3 aromatic heterocycles. The lowest BCUT2D eigenvalue weighted by atomic mass is 10.1. The van der Waals surface area contributed by atoms with Crippen LogP contribution in [0.5, 0.6) is 0 Å². The van der Waals surface area contributed by atoms with Gasteiger partial charge >= 0.3 is 0 Å². The fourth-order valence-electron chi connectivity index (χ4n) is 5.25. The molecule has 0 saturated carbocycles. The molecule has 3 heterocycles. The van der Waals surface area contributed by atoms with Crippen LogP contribution < -0.4 is 5.56 Å². The maximum atomic E-state index is 14.1. The van der Waals surface area contributed by atoms with Gasteiger partial charge in [-0.1, -0.05) is 67.5 Å². The third kappa shape index (κ3) is 9.62. The normalized spacial score (nSPS) is 11.3. The van der Waals surface area contributed by atoms with E-state index in [4.69, 9.17) is 11.6 Å². The number of hydrogen-bond donors (Lipinski definition) is 0. The maximum Gasteiger partial charge on any atom is 0.277 e. The van der Waals surface area contributed by atoms with Crippen molar-refractivity contribution in [3.63, 3.8) is 0 Å². The van der Waals surface area contributed by atoms with Gasteiger partial charge < -0.3 is 14.4 Å². The molecule has 0 aliphatic carbocycles. The predicted octanol–water partition coefficient (Wildman–Crippen LogP) is 6.09. The number of hydrogen-bond acceptors (Lipinski definition) is 7. The van der Waals surface area contributed by atoms with Crippen molar-refractivity contribution in [3.8, 4) is 11.3 Å². The monoisotopic (exact) mass is 687 g/mol. The molecule has 2 aromatic carbocycles. The minimum Gasteiger partial charge on any atom is -0.335 e. The summed E-state index contributed by atoms with van der Waals surface area (Å²) < 4.78 is 17.0. The van der Waals surface area contributed by atoms with E-state index < -0.39 is 0 Å². The molecule has 0 bridgehead atoms. The summed E-state index contributed by atoms with van der Waals surface area (Å²) in [6.07, 6.45) is 7.45. The second-order valence-corrected chi connectivity index (χ2v) is 12.9. The average molecular weight is 688 g/mol. The average Bonchev–Trinajstić information content (AvgIpc) is 3.50. The van der Waals surface area contributed by atoms with E-state index in [0.717, 1.165) is 47.6 Å². The number of carbonyl (C=O) groups excluding carboxylic acids is 1. The lowest BCUT2D eigenvalue weighted by Gasteiger charge is -2.27. The largest absolute Gasteiger partial charge is 0.335 e. The van der Waals surface area contributed by atoms with E-state index in [2.05, 4.69) is 33.8 Å². The minimum atomic E-state index is -0.352. The smallest absolute Gasteiger partial charge is 0.277 e. The molecular weight excluding hydrogens is 649 g/mol. The molecule has 5 rings (SSSR count). The van der Waals surface area contributed by atoms with Crippen molar-refractivity contribution in [2.45, 2.75) is 44.3 Å². The number of nitrogens with zero attached hydrogens (tertiary/aromatic N) is 7. The lowest BCUT2D eigenvalue weighted by molar-refractivity contribution is -0.132. The number of pyridine rings is 1. The molecule has 0 saturated heterocycles. The van der Waals surface area contributed by atoms with Crippen molar-refractivity contribution < 1.29 is 9.18 Å². The number of likely N-dealkylation sites (N-methyl/N-ethyl adjacent to an activating group) is 1. The summed E-state index contributed by atoms with van der Waals surface area (Å²) in [6.45, 7) is 7.58. The van der Waals surface area contributed by atoms with Crippen LogP contribution in [0.2, 0.25) is 5.02 Å². The number of carbonyl (C=O) groups is 1. The van der Waals surface area contributed by atoms with Gasteiger partial charge in [0.05, 0.1) is 11.9 Å². The first-order chi connectivity index (χ1) is 23.2. The zero-order valence-corrected chi connectivity index (χ0v) is 28.9. The topological polar surface area (TPSA) is 89.1 Å². The van der Waals surface area contributed by atoms with E-state index in [1.807, 2.05) is 54.5 Å². The van der Waals surface area contributed by atoms with Gasteiger partial charge in [-0.05, 0) is 60.1 Å². The first-order valence-electron chi connectivity index (χ1n) is 15.9. The molecule has 5 aromatic rings. The molecule has 9 nitrogen and oxygen atoms in total. The first kappa shape index (κ1) is 35.0. The quantitative estimate of drug-likeness (QED) is 0.0973. The Hall–Kier alpha value is -4.32. The highest BCUT2D eigenvalue weighted by Gasteiger charge is 2.19. The lowest BCUT2D eigenvalue weighted by Crippen LogP contribution is -2.40. The van der Waals surface area contributed by atoms with Crippen molar-refractivity contribution in [1.82, 2.24) is 34.1 Å². The molecule has 0 aliphatic rings. The second-order valence-electron chi connectivity index (χ2n) is 11.5. The highest BCUT2D eigenvalue weighted by molar-refractivity contribution is 7.98. The molecule has 0 unspecified atom stereocenters. The Morgan fingerprint density at radius 3 is 2.29 bits per heavy atom. The van der Waals surface area contributed by atoms with Crippen LogP contribution in [0.25, 0.3) is 11.3 Å². The van der Waals surface area contributed by atoms with Crippen molar-refractivity contribution in [2.75, 3.05) is 26.2 Å². The number of aryl methyl sites for hydroxylation is 1. The van der Waals surface area contributed by atoms with Gasteiger partial charge in [-0.15, -0.1) is 0 Å². The minimum absolute atomic E-state index is 0.00634. The molecule has 0 spiro atoms. The summed E-state index contributed by atoms with van der Waals surface area (Å²) in [5.41, 5.74) is 4.55. The zero-order valence-electron chi connectivity index (χ0n) is 27.4. The van der Waals surface area contributed by atoms with Crippen LogP contribution in [0, 0.1) is 5.82 Å². The first-order valence-corrected chi connectivity index (χ1v) is 17.2. The van der Waals surface area contributed by atoms with Gasteiger partial charge in [0.2, 0.25) is 5.91 Å². The molecule has 0 radical (unpaired) electrons. The Morgan fingerprint density at radius 2 is 1.65 bits per heavy atom. The van der Waals surface area contributed by atoms with Crippen LogP contribution in [0.1, 0.15) is 36.1 Å². The van der Waals surface area contributed by atoms with Gasteiger partial charge in [0.15, 0.2) is 5.16 Å². The summed E-state index contributed by atoms with van der Waals surface area (Å²) in [6, 6.07) is 17.7.